The van der Waals surface area contributed by atoms with Crippen LogP contribution in [-0.2, 0) is 4.79 Å². The maximum Gasteiger partial charge on any atom is 0.241 e. The Kier molecular flexibility index (Phi) is 3.51. The Hall–Kier alpha value is -0.800. The molecule has 0 aliphatic rings. The number of hydrogen-bond donors (Lipinski definition) is 1. The molecule has 0 aliphatic heterocycles. The SMILES string of the molecule is NC(=O)C=Cc1cc(Cl)ccc1Br. The lowest BCUT2D eigenvalue weighted by atomic mass is 10.2. The lowest BCUT2D eigenvalue weighted by Crippen LogP contribution is -2.05. The first-order chi connectivity index (χ1) is 6.09. The van der Waals surface area contributed by atoms with Crippen LogP contribution in [0.15, 0.2) is 28.7 Å². The van der Waals surface area contributed by atoms with Gasteiger partial charge in [-0.15, -0.1) is 0 Å². The van der Waals surface area contributed by atoms with Crippen molar-refractivity contribution in [2.75, 3.05) is 0 Å². The highest BCUT2D eigenvalue weighted by molar-refractivity contribution is 9.10. The van der Waals surface area contributed by atoms with Gasteiger partial charge in [0, 0.05) is 15.6 Å². The molecule has 0 atom stereocenters. The molecule has 1 rings (SSSR count). The van der Waals surface area contributed by atoms with Crippen LogP contribution in [0, 0.1) is 0 Å². The van der Waals surface area contributed by atoms with E-state index >= 15 is 0 Å². The van der Waals surface area contributed by atoms with Gasteiger partial charge in [-0.25, -0.2) is 0 Å². The number of amides is 1. The van der Waals surface area contributed by atoms with Gasteiger partial charge in [0.25, 0.3) is 0 Å². The van der Waals surface area contributed by atoms with Crippen molar-refractivity contribution >= 4 is 39.5 Å². The van der Waals surface area contributed by atoms with Crippen molar-refractivity contribution in [2.24, 2.45) is 5.73 Å². The van der Waals surface area contributed by atoms with E-state index < -0.39 is 5.91 Å². The Morgan fingerprint density at radius 1 is 1.54 bits per heavy atom. The molecule has 1 aromatic carbocycles. The quantitative estimate of drug-likeness (QED) is 0.816. The minimum atomic E-state index is -0.480. The van der Waals surface area contributed by atoms with Crippen molar-refractivity contribution in [1.82, 2.24) is 0 Å². The van der Waals surface area contributed by atoms with Gasteiger partial charge in [0.15, 0.2) is 0 Å². The van der Waals surface area contributed by atoms with Gasteiger partial charge < -0.3 is 5.73 Å². The zero-order valence-electron chi connectivity index (χ0n) is 6.63. The summed E-state index contributed by atoms with van der Waals surface area (Å²) in [5.41, 5.74) is 5.78. The summed E-state index contributed by atoms with van der Waals surface area (Å²) in [6.45, 7) is 0. The molecule has 0 fully saturated rings. The number of benzene rings is 1. The number of carbonyl (C=O) groups is 1. The largest absolute Gasteiger partial charge is 0.366 e. The highest BCUT2D eigenvalue weighted by Crippen LogP contribution is 2.22. The molecule has 0 radical (unpaired) electrons. The molecule has 0 aromatic heterocycles. The van der Waals surface area contributed by atoms with Crippen molar-refractivity contribution in [3.63, 3.8) is 0 Å². The second-order valence-electron chi connectivity index (χ2n) is 2.40. The van der Waals surface area contributed by atoms with Gasteiger partial charge >= 0.3 is 0 Å². The van der Waals surface area contributed by atoms with Crippen molar-refractivity contribution in [3.8, 4) is 0 Å². The Balaban J connectivity index is 3.00. The summed E-state index contributed by atoms with van der Waals surface area (Å²) in [5.74, 6) is -0.480. The predicted octanol–water partition coefficient (Wildman–Crippen LogP) is 2.60. The number of carbonyl (C=O) groups excluding carboxylic acids is 1. The lowest BCUT2D eigenvalue weighted by Gasteiger charge is -1.97. The maximum absolute atomic E-state index is 10.5. The standard InChI is InChI=1S/C9H7BrClNO/c10-8-3-2-7(11)5-6(8)1-4-9(12)13/h1-5H,(H2,12,13). The van der Waals surface area contributed by atoms with Crippen molar-refractivity contribution in [1.29, 1.82) is 0 Å². The summed E-state index contributed by atoms with van der Waals surface area (Å²) in [5, 5.41) is 0.618. The van der Waals surface area contributed by atoms with E-state index in [1.165, 1.54) is 6.08 Å². The molecule has 0 unspecified atom stereocenters. The fourth-order valence-corrected chi connectivity index (χ4v) is 1.37. The Morgan fingerprint density at radius 3 is 2.85 bits per heavy atom. The minimum absolute atomic E-state index is 0.480. The molecule has 0 saturated heterocycles. The van der Waals surface area contributed by atoms with Crippen LogP contribution in [-0.4, -0.2) is 5.91 Å². The monoisotopic (exact) mass is 259 g/mol. The fraction of sp³-hybridized carbons (Fsp3) is 0. The molecule has 0 aliphatic carbocycles. The number of rotatable bonds is 2. The van der Waals surface area contributed by atoms with E-state index in [1.54, 1.807) is 18.2 Å². The average molecular weight is 261 g/mol. The topological polar surface area (TPSA) is 43.1 Å². The summed E-state index contributed by atoms with van der Waals surface area (Å²) in [6, 6.07) is 5.31. The zero-order chi connectivity index (χ0) is 9.84. The first-order valence-corrected chi connectivity index (χ1v) is 4.69. The molecule has 2 nitrogen and oxygen atoms in total. The first kappa shape index (κ1) is 10.3. The highest BCUT2D eigenvalue weighted by Gasteiger charge is 1.96. The van der Waals surface area contributed by atoms with Crippen LogP contribution in [0.1, 0.15) is 5.56 Å². The van der Waals surface area contributed by atoms with Gasteiger partial charge in [-0.05, 0) is 29.8 Å². The molecular formula is C9H7BrClNO. The first-order valence-electron chi connectivity index (χ1n) is 3.52. The summed E-state index contributed by atoms with van der Waals surface area (Å²) in [4.78, 5) is 10.5. The van der Waals surface area contributed by atoms with Gasteiger partial charge in [0.2, 0.25) is 5.91 Å². The van der Waals surface area contributed by atoms with Crippen LogP contribution in [0.2, 0.25) is 5.02 Å². The molecule has 0 bridgehead atoms. The van der Waals surface area contributed by atoms with Gasteiger partial charge in [-0.2, -0.15) is 0 Å². The molecule has 1 amide bonds. The third-order valence-corrected chi connectivity index (χ3v) is 2.34. The molecule has 2 N–H and O–H groups in total. The third kappa shape index (κ3) is 3.20. The molecule has 1 aromatic rings. The van der Waals surface area contributed by atoms with Gasteiger partial charge in [-0.3, -0.25) is 4.79 Å². The van der Waals surface area contributed by atoms with Crippen LogP contribution in [0.4, 0.5) is 0 Å². The van der Waals surface area contributed by atoms with Crippen LogP contribution in [0.5, 0.6) is 0 Å². The Morgan fingerprint density at radius 2 is 2.23 bits per heavy atom. The van der Waals surface area contributed by atoms with Crippen molar-refractivity contribution < 1.29 is 4.79 Å². The summed E-state index contributed by atoms with van der Waals surface area (Å²) in [7, 11) is 0. The van der Waals surface area contributed by atoms with Crippen molar-refractivity contribution in [2.45, 2.75) is 0 Å². The van der Waals surface area contributed by atoms with Gasteiger partial charge in [-0.1, -0.05) is 27.5 Å². The molecule has 68 valence electrons. The normalized spacial score (nSPS) is 10.6. The molecule has 4 heteroatoms. The van der Waals surface area contributed by atoms with E-state index in [-0.39, 0.29) is 0 Å². The van der Waals surface area contributed by atoms with Gasteiger partial charge in [0.05, 0.1) is 0 Å². The maximum atomic E-state index is 10.5. The second-order valence-corrected chi connectivity index (χ2v) is 3.69. The average Bonchev–Trinajstić information content (AvgIpc) is 2.06. The Bertz CT molecular complexity index is 363. The second kappa shape index (κ2) is 4.44. The summed E-state index contributed by atoms with van der Waals surface area (Å²) < 4.78 is 0.870. The molecule has 0 saturated carbocycles. The predicted molar refractivity (Wildman–Crippen MR) is 57.4 cm³/mol. The van der Waals surface area contributed by atoms with E-state index in [0.717, 1.165) is 10.0 Å². The van der Waals surface area contributed by atoms with E-state index in [1.807, 2.05) is 6.07 Å². The number of nitrogens with two attached hydrogens (primary N) is 1. The fourth-order valence-electron chi connectivity index (χ4n) is 0.814. The van der Waals surface area contributed by atoms with E-state index in [0.29, 0.717) is 5.02 Å². The highest BCUT2D eigenvalue weighted by atomic mass is 79.9. The third-order valence-electron chi connectivity index (χ3n) is 1.39. The lowest BCUT2D eigenvalue weighted by molar-refractivity contribution is -0.113. The van der Waals surface area contributed by atoms with Crippen LogP contribution < -0.4 is 5.73 Å². The van der Waals surface area contributed by atoms with Crippen molar-refractivity contribution in [3.05, 3.63) is 39.3 Å². The number of halogens is 2. The van der Waals surface area contributed by atoms with Crippen LogP contribution >= 0.6 is 27.5 Å². The van der Waals surface area contributed by atoms with E-state index in [4.69, 9.17) is 17.3 Å². The smallest absolute Gasteiger partial charge is 0.241 e. The molecule has 0 heterocycles. The molecular weight excluding hydrogens is 253 g/mol. The summed E-state index contributed by atoms with van der Waals surface area (Å²) >= 11 is 9.08. The minimum Gasteiger partial charge on any atom is -0.366 e. The van der Waals surface area contributed by atoms with E-state index in [2.05, 4.69) is 15.9 Å². The van der Waals surface area contributed by atoms with E-state index in [9.17, 15) is 4.79 Å². The zero-order valence-corrected chi connectivity index (χ0v) is 8.97. The summed E-state index contributed by atoms with van der Waals surface area (Å²) in [6.07, 6.45) is 2.90. The number of hydrogen-bond acceptors (Lipinski definition) is 1. The number of primary amides is 1. The van der Waals surface area contributed by atoms with Crippen LogP contribution in [0.3, 0.4) is 0 Å². The van der Waals surface area contributed by atoms with Gasteiger partial charge in [0.1, 0.15) is 0 Å². The van der Waals surface area contributed by atoms with Crippen LogP contribution in [0.25, 0.3) is 6.08 Å². The Labute approximate surface area is 89.5 Å². The molecule has 13 heavy (non-hydrogen) atoms. The molecule has 0 spiro atoms.